The molecule has 0 spiro atoms. The van der Waals surface area contributed by atoms with E-state index in [0.29, 0.717) is 6.54 Å². The van der Waals surface area contributed by atoms with Crippen LogP contribution in [0, 0.1) is 31.6 Å². The Labute approximate surface area is 111 Å². The molecular formula is C12H13N6O. The smallest absolute Gasteiger partial charge is 0.137 e. The number of hydrogen-bond donors (Lipinski definition) is 1. The van der Waals surface area contributed by atoms with E-state index >= 15 is 0 Å². The molecule has 2 aromatic rings. The summed E-state index contributed by atoms with van der Waals surface area (Å²) in [5.41, 5.74) is -0.728. The second-order valence-electron chi connectivity index (χ2n) is 4.30. The summed E-state index contributed by atoms with van der Waals surface area (Å²) < 4.78 is 3.33. The molecular weight excluding hydrogens is 244 g/mol. The fourth-order valence-electron chi connectivity index (χ4n) is 2.21. The van der Waals surface area contributed by atoms with Gasteiger partial charge in [0.15, 0.2) is 0 Å². The number of rotatable bonds is 5. The van der Waals surface area contributed by atoms with Crippen LogP contribution in [0.25, 0.3) is 0 Å². The van der Waals surface area contributed by atoms with Gasteiger partial charge in [-0.3, -0.25) is 4.68 Å². The average Bonchev–Trinajstić information content (AvgIpc) is 3.15. The summed E-state index contributed by atoms with van der Waals surface area (Å²) in [6.07, 6.45) is 13.9. The largest absolute Gasteiger partial charge is 0.394 e. The van der Waals surface area contributed by atoms with E-state index in [2.05, 4.69) is 20.2 Å². The summed E-state index contributed by atoms with van der Waals surface area (Å²) in [5.74, 6) is 0.955. The molecule has 0 saturated heterocycles. The van der Waals surface area contributed by atoms with E-state index < -0.39 is 5.54 Å². The van der Waals surface area contributed by atoms with Crippen LogP contribution in [0.4, 0.5) is 0 Å². The molecule has 19 heavy (non-hydrogen) atoms. The van der Waals surface area contributed by atoms with Crippen LogP contribution < -0.4 is 0 Å². The second-order valence-corrected chi connectivity index (χ2v) is 4.30. The maximum absolute atomic E-state index is 9.97. The van der Waals surface area contributed by atoms with Crippen molar-refractivity contribution in [3.8, 4) is 0 Å². The van der Waals surface area contributed by atoms with Crippen molar-refractivity contribution in [2.45, 2.75) is 12.1 Å². The lowest BCUT2D eigenvalue weighted by atomic mass is 9.83. The molecule has 0 bridgehead atoms. The summed E-state index contributed by atoms with van der Waals surface area (Å²) in [7, 11) is 0. The molecule has 0 aliphatic heterocycles. The molecule has 97 valence electrons. The van der Waals surface area contributed by atoms with Gasteiger partial charge in [-0.1, -0.05) is 0 Å². The summed E-state index contributed by atoms with van der Waals surface area (Å²) in [5, 5.41) is 18.3. The third-order valence-corrected chi connectivity index (χ3v) is 3.21. The molecule has 3 rings (SSSR count). The summed E-state index contributed by atoms with van der Waals surface area (Å²) in [6.45, 7) is 0.317. The van der Waals surface area contributed by atoms with Gasteiger partial charge in [0.05, 0.1) is 13.2 Å². The van der Waals surface area contributed by atoms with Crippen LogP contribution in [-0.2, 0) is 12.1 Å². The van der Waals surface area contributed by atoms with E-state index in [4.69, 9.17) is 0 Å². The van der Waals surface area contributed by atoms with Gasteiger partial charge in [-0.15, -0.1) is 0 Å². The molecule has 0 amide bonds. The summed E-state index contributed by atoms with van der Waals surface area (Å²) in [6, 6.07) is 0. The fraction of sp³-hybridized carbons (Fsp3) is 0.250. The number of aromatic nitrogens is 6. The standard InChI is InChI=1S/C12H13N6O/c19-6-12(11-3-1-2-4-11,18-10-14-8-16-18)5-17-9-13-7-15-17/h1-4,7-10,19H,5-6H2. The topological polar surface area (TPSA) is 81.6 Å². The van der Waals surface area contributed by atoms with Crippen molar-refractivity contribution in [3.05, 3.63) is 56.9 Å². The van der Waals surface area contributed by atoms with Crippen LogP contribution in [-0.4, -0.2) is 41.2 Å². The highest BCUT2D eigenvalue weighted by Crippen LogP contribution is 2.39. The normalized spacial score (nSPS) is 19.6. The first-order valence-electron chi connectivity index (χ1n) is 5.86. The van der Waals surface area contributed by atoms with Gasteiger partial charge in [0, 0.05) is 5.92 Å². The van der Waals surface area contributed by atoms with E-state index in [1.165, 1.54) is 12.7 Å². The van der Waals surface area contributed by atoms with Gasteiger partial charge in [0.2, 0.25) is 0 Å². The van der Waals surface area contributed by atoms with Crippen molar-refractivity contribution >= 4 is 0 Å². The number of nitrogens with zero attached hydrogens (tertiary/aromatic N) is 6. The highest BCUT2D eigenvalue weighted by Gasteiger charge is 2.44. The molecule has 1 aliphatic carbocycles. The first-order valence-corrected chi connectivity index (χ1v) is 5.86. The molecule has 1 unspecified atom stereocenters. The van der Waals surface area contributed by atoms with Gasteiger partial charge >= 0.3 is 0 Å². The predicted molar refractivity (Wildman–Crippen MR) is 65.5 cm³/mol. The zero-order valence-corrected chi connectivity index (χ0v) is 10.2. The number of aliphatic hydroxyl groups is 1. The van der Waals surface area contributed by atoms with Crippen molar-refractivity contribution in [2.24, 2.45) is 0 Å². The molecule has 5 radical (unpaired) electrons. The highest BCUT2D eigenvalue weighted by atomic mass is 16.3. The zero-order chi connectivity index (χ0) is 13.1. The van der Waals surface area contributed by atoms with Crippen molar-refractivity contribution in [1.82, 2.24) is 29.5 Å². The first kappa shape index (κ1) is 12.3. The Bertz CT molecular complexity index is 490. The van der Waals surface area contributed by atoms with Crippen molar-refractivity contribution in [1.29, 1.82) is 0 Å². The van der Waals surface area contributed by atoms with E-state index in [1.54, 1.807) is 22.0 Å². The van der Waals surface area contributed by atoms with Crippen LogP contribution in [0.15, 0.2) is 25.3 Å². The van der Waals surface area contributed by atoms with Crippen molar-refractivity contribution in [2.75, 3.05) is 6.61 Å². The maximum atomic E-state index is 9.97. The molecule has 1 saturated carbocycles. The Morgan fingerprint density at radius 2 is 1.79 bits per heavy atom. The molecule has 0 aromatic carbocycles. The van der Waals surface area contributed by atoms with Gasteiger partial charge in [0.25, 0.3) is 0 Å². The third-order valence-electron chi connectivity index (χ3n) is 3.21. The molecule has 1 fully saturated rings. The minimum atomic E-state index is -0.728. The van der Waals surface area contributed by atoms with Gasteiger partial charge < -0.3 is 5.11 Å². The van der Waals surface area contributed by atoms with E-state index in [-0.39, 0.29) is 6.61 Å². The highest BCUT2D eigenvalue weighted by molar-refractivity contribution is 5.41. The van der Waals surface area contributed by atoms with Crippen LogP contribution in [0.2, 0.25) is 0 Å². The van der Waals surface area contributed by atoms with Crippen LogP contribution >= 0.6 is 0 Å². The Balaban J connectivity index is 1.97. The zero-order valence-electron chi connectivity index (χ0n) is 10.2. The molecule has 7 nitrogen and oxygen atoms in total. The Hall–Kier alpha value is -1.76. The quantitative estimate of drug-likeness (QED) is 0.792. The lowest BCUT2D eigenvalue weighted by Crippen LogP contribution is -2.47. The van der Waals surface area contributed by atoms with Gasteiger partial charge in [-0.25, -0.2) is 14.6 Å². The average molecular weight is 257 g/mol. The van der Waals surface area contributed by atoms with Crippen LogP contribution in [0.1, 0.15) is 0 Å². The van der Waals surface area contributed by atoms with Gasteiger partial charge in [0.1, 0.15) is 30.8 Å². The van der Waals surface area contributed by atoms with E-state index in [0.717, 1.165) is 5.92 Å². The Morgan fingerprint density at radius 1 is 1.05 bits per heavy atom. The molecule has 1 N–H and O–H groups in total. The molecule has 2 heterocycles. The number of hydrogen-bond acceptors (Lipinski definition) is 5. The van der Waals surface area contributed by atoms with Crippen molar-refractivity contribution in [3.63, 3.8) is 0 Å². The maximum Gasteiger partial charge on any atom is 0.137 e. The monoisotopic (exact) mass is 257 g/mol. The lowest BCUT2D eigenvalue weighted by Gasteiger charge is -2.36. The molecule has 2 aromatic heterocycles. The minimum absolute atomic E-state index is 0.111. The molecule has 1 aliphatic rings. The third kappa shape index (κ3) is 2.14. The van der Waals surface area contributed by atoms with Crippen LogP contribution in [0.5, 0.6) is 0 Å². The fourth-order valence-corrected chi connectivity index (χ4v) is 2.21. The molecule has 1 atom stereocenters. The van der Waals surface area contributed by atoms with Gasteiger partial charge in [-0.2, -0.15) is 10.2 Å². The lowest BCUT2D eigenvalue weighted by molar-refractivity contribution is 0.114. The van der Waals surface area contributed by atoms with E-state index in [1.807, 2.05) is 25.7 Å². The Kier molecular flexibility index (Phi) is 3.29. The SMILES string of the molecule is OCC(Cn1cncn1)([C]1[CH][CH][CH][CH]1)n1cncn1. The summed E-state index contributed by atoms with van der Waals surface area (Å²) >= 11 is 0. The van der Waals surface area contributed by atoms with Gasteiger partial charge in [-0.05, 0) is 25.7 Å². The second kappa shape index (κ2) is 5.08. The predicted octanol–water partition coefficient (Wildman–Crippen LogP) is -0.337. The molecule has 7 heteroatoms. The van der Waals surface area contributed by atoms with E-state index in [9.17, 15) is 5.11 Å². The Morgan fingerprint density at radius 3 is 2.37 bits per heavy atom. The first-order chi connectivity index (χ1) is 9.35. The summed E-state index contributed by atoms with van der Waals surface area (Å²) in [4.78, 5) is 7.90. The van der Waals surface area contributed by atoms with Crippen molar-refractivity contribution < 1.29 is 5.11 Å². The number of aliphatic hydroxyl groups excluding tert-OH is 1. The van der Waals surface area contributed by atoms with Crippen LogP contribution in [0.3, 0.4) is 0 Å². The minimum Gasteiger partial charge on any atom is -0.394 e.